The summed E-state index contributed by atoms with van der Waals surface area (Å²) in [6.45, 7) is 1.94. The van der Waals surface area contributed by atoms with E-state index in [1.165, 1.54) is 24.4 Å². The van der Waals surface area contributed by atoms with Gasteiger partial charge in [-0.1, -0.05) is 13.0 Å². The highest BCUT2D eigenvalue weighted by Gasteiger charge is 2.19. The highest BCUT2D eigenvalue weighted by atomic mass is 19.2. The Kier molecular flexibility index (Phi) is 7.01. The predicted octanol–water partition coefficient (Wildman–Crippen LogP) is 6.49. The van der Waals surface area contributed by atoms with E-state index in [-0.39, 0.29) is 17.2 Å². The van der Waals surface area contributed by atoms with Crippen LogP contribution in [0.2, 0.25) is 0 Å². The molecule has 0 radical (unpaired) electrons. The number of hydrogen-bond acceptors (Lipinski definition) is 6. The fourth-order valence-corrected chi connectivity index (χ4v) is 4.37. The van der Waals surface area contributed by atoms with Crippen molar-refractivity contribution in [1.29, 1.82) is 0 Å². The molecule has 0 aliphatic heterocycles. The molecule has 4 heterocycles. The topological polar surface area (TPSA) is 112 Å². The first-order valence-corrected chi connectivity index (χ1v) is 13.0. The van der Waals surface area contributed by atoms with Crippen molar-refractivity contribution in [3.8, 4) is 28.4 Å². The normalized spacial score (nSPS) is 11.0. The summed E-state index contributed by atoms with van der Waals surface area (Å²) in [5.74, 6) is -2.26. The molecule has 2 amide bonds. The number of pyridine rings is 2. The van der Waals surface area contributed by atoms with Gasteiger partial charge in [-0.25, -0.2) is 13.9 Å². The van der Waals surface area contributed by atoms with Gasteiger partial charge < -0.3 is 10.1 Å². The van der Waals surface area contributed by atoms with Crippen LogP contribution in [0.5, 0.6) is 11.5 Å². The third-order valence-electron chi connectivity index (χ3n) is 6.45. The Labute approximate surface area is 238 Å². The molecule has 0 aliphatic rings. The van der Waals surface area contributed by atoms with E-state index in [9.17, 15) is 9.18 Å². The summed E-state index contributed by atoms with van der Waals surface area (Å²) in [6.07, 6.45) is 7.24. The van der Waals surface area contributed by atoms with Gasteiger partial charge in [-0.15, -0.1) is 0 Å². The lowest BCUT2D eigenvalue weighted by atomic mass is 10.2. The van der Waals surface area contributed by atoms with Crippen molar-refractivity contribution in [1.82, 2.24) is 29.5 Å². The Morgan fingerprint density at radius 3 is 2.67 bits per heavy atom. The number of aryl methyl sites for hydroxylation is 2. The van der Waals surface area contributed by atoms with Gasteiger partial charge in [0.25, 0.3) is 0 Å². The summed E-state index contributed by atoms with van der Waals surface area (Å²) in [5.41, 5.74) is 3.19. The molecule has 42 heavy (non-hydrogen) atoms. The number of anilines is 2. The van der Waals surface area contributed by atoms with Crippen LogP contribution in [0, 0.1) is 11.6 Å². The van der Waals surface area contributed by atoms with Crippen molar-refractivity contribution >= 4 is 28.4 Å². The van der Waals surface area contributed by atoms with Crippen LogP contribution >= 0.6 is 0 Å². The largest absolute Gasteiger partial charge is 0.454 e. The number of halogens is 2. The first kappa shape index (κ1) is 26.6. The maximum absolute atomic E-state index is 15.0. The Balaban J connectivity index is 1.19. The van der Waals surface area contributed by atoms with Crippen LogP contribution in [0.15, 0.2) is 85.5 Å². The van der Waals surface area contributed by atoms with Crippen LogP contribution in [0.3, 0.4) is 0 Å². The van der Waals surface area contributed by atoms with Crippen molar-refractivity contribution in [3.63, 3.8) is 0 Å². The van der Waals surface area contributed by atoms with Gasteiger partial charge in [-0.2, -0.15) is 14.6 Å². The standard InChI is InChI=1S/C30H24F2N8O2/c1-3-20-14-27(40(38-20)21-6-7-23-18(13-21)5-4-11-33-23)37-30(41)36-24-8-9-26(29(32)28(24)31)42-22-10-12-34-25(15-22)19-16-35-39(2)17-19/h4-17H,3H2,1-2H3,(H2,36,37,41). The van der Waals surface area contributed by atoms with Crippen LogP contribution in [0.25, 0.3) is 27.8 Å². The van der Waals surface area contributed by atoms with Gasteiger partial charge in [0.05, 0.1) is 34.5 Å². The molecule has 0 unspecified atom stereocenters. The minimum absolute atomic E-state index is 0.255. The van der Waals surface area contributed by atoms with Crippen molar-refractivity contribution in [2.24, 2.45) is 7.05 Å². The van der Waals surface area contributed by atoms with Gasteiger partial charge in [0.15, 0.2) is 11.6 Å². The molecule has 12 heteroatoms. The fraction of sp³-hybridized carbons (Fsp3) is 0.100. The number of urea groups is 1. The lowest BCUT2D eigenvalue weighted by Gasteiger charge is -2.13. The number of fused-ring (bicyclic) bond motifs is 1. The molecule has 6 rings (SSSR count). The zero-order chi connectivity index (χ0) is 29.2. The number of ether oxygens (including phenoxy) is 1. The van der Waals surface area contributed by atoms with Crippen LogP contribution in [-0.4, -0.2) is 35.6 Å². The molecule has 0 bridgehead atoms. The number of nitrogens with zero attached hydrogens (tertiary/aromatic N) is 6. The average Bonchev–Trinajstić information content (AvgIpc) is 3.63. The van der Waals surface area contributed by atoms with Gasteiger partial charge in [-0.05, 0) is 48.9 Å². The molecule has 0 fully saturated rings. The molecular weight excluding hydrogens is 542 g/mol. The quantitative estimate of drug-likeness (QED) is 0.228. The predicted molar refractivity (Wildman–Crippen MR) is 154 cm³/mol. The molecule has 0 spiro atoms. The van der Waals surface area contributed by atoms with E-state index in [1.807, 2.05) is 37.3 Å². The molecule has 0 saturated heterocycles. The third kappa shape index (κ3) is 5.37. The second-order valence-electron chi connectivity index (χ2n) is 9.37. The molecule has 0 atom stereocenters. The minimum Gasteiger partial charge on any atom is -0.454 e. The molecule has 0 saturated carbocycles. The molecule has 210 valence electrons. The SMILES string of the molecule is CCc1cc(NC(=O)Nc2ccc(Oc3ccnc(-c4cnn(C)c4)c3)c(F)c2F)n(-c2ccc3ncccc3c2)n1. The number of aromatic nitrogens is 6. The number of hydrogen-bond donors (Lipinski definition) is 2. The minimum atomic E-state index is -1.27. The molecule has 4 aromatic heterocycles. The first-order chi connectivity index (χ1) is 20.4. The number of benzene rings is 2. The molecular formula is C30H24F2N8O2. The second-order valence-corrected chi connectivity index (χ2v) is 9.37. The van der Waals surface area contributed by atoms with E-state index in [2.05, 4.69) is 30.8 Å². The van der Waals surface area contributed by atoms with Crippen molar-refractivity contribution in [2.45, 2.75) is 13.3 Å². The number of carbonyl (C=O) groups is 1. The van der Waals surface area contributed by atoms with Gasteiger partial charge in [0.2, 0.25) is 5.82 Å². The number of nitrogens with one attached hydrogen (secondary N) is 2. The summed E-state index contributed by atoms with van der Waals surface area (Å²) in [7, 11) is 1.78. The molecule has 2 aromatic carbocycles. The Morgan fingerprint density at radius 2 is 1.86 bits per heavy atom. The van der Waals surface area contributed by atoms with E-state index >= 15 is 4.39 Å². The number of rotatable bonds is 7. The highest BCUT2D eigenvalue weighted by Crippen LogP contribution is 2.31. The van der Waals surface area contributed by atoms with E-state index in [4.69, 9.17) is 4.74 Å². The summed E-state index contributed by atoms with van der Waals surface area (Å²) in [4.78, 5) is 21.5. The van der Waals surface area contributed by atoms with E-state index in [0.29, 0.717) is 23.6 Å². The number of carbonyl (C=O) groups excluding carboxylic acids is 1. The first-order valence-electron chi connectivity index (χ1n) is 13.0. The summed E-state index contributed by atoms with van der Waals surface area (Å²) >= 11 is 0. The van der Waals surface area contributed by atoms with E-state index in [1.54, 1.807) is 47.1 Å². The van der Waals surface area contributed by atoms with Gasteiger partial charge in [0.1, 0.15) is 11.6 Å². The maximum Gasteiger partial charge on any atom is 0.324 e. The lowest BCUT2D eigenvalue weighted by Crippen LogP contribution is -2.22. The average molecular weight is 567 g/mol. The van der Waals surface area contributed by atoms with Crippen LogP contribution < -0.4 is 15.4 Å². The fourth-order valence-electron chi connectivity index (χ4n) is 4.37. The van der Waals surface area contributed by atoms with Crippen molar-refractivity contribution < 1.29 is 18.3 Å². The van der Waals surface area contributed by atoms with Crippen molar-refractivity contribution in [3.05, 3.63) is 103 Å². The maximum atomic E-state index is 15.0. The Bertz CT molecular complexity index is 1930. The van der Waals surface area contributed by atoms with E-state index < -0.39 is 17.7 Å². The van der Waals surface area contributed by atoms with Crippen LogP contribution in [0.1, 0.15) is 12.6 Å². The second kappa shape index (κ2) is 11.1. The van der Waals surface area contributed by atoms with E-state index in [0.717, 1.165) is 22.2 Å². The lowest BCUT2D eigenvalue weighted by molar-refractivity contribution is 0.262. The molecule has 2 N–H and O–H groups in total. The van der Waals surface area contributed by atoms with Crippen molar-refractivity contribution in [2.75, 3.05) is 10.6 Å². The van der Waals surface area contributed by atoms with Gasteiger partial charge in [0, 0.05) is 48.7 Å². The van der Waals surface area contributed by atoms with Gasteiger partial charge in [-0.3, -0.25) is 20.0 Å². The summed E-state index contributed by atoms with van der Waals surface area (Å²) in [6, 6.07) is 15.9. The molecule has 0 aliphatic carbocycles. The highest BCUT2D eigenvalue weighted by molar-refractivity contribution is 5.99. The van der Waals surface area contributed by atoms with Gasteiger partial charge >= 0.3 is 6.03 Å². The third-order valence-corrected chi connectivity index (χ3v) is 6.45. The van der Waals surface area contributed by atoms with Crippen LogP contribution in [0.4, 0.5) is 25.1 Å². The monoisotopic (exact) mass is 566 g/mol. The Hall–Kier alpha value is -5.65. The Morgan fingerprint density at radius 1 is 0.976 bits per heavy atom. The zero-order valence-corrected chi connectivity index (χ0v) is 22.5. The zero-order valence-electron chi connectivity index (χ0n) is 22.5. The molecule has 6 aromatic rings. The van der Waals surface area contributed by atoms with Crippen LogP contribution in [-0.2, 0) is 13.5 Å². The number of amides is 2. The summed E-state index contributed by atoms with van der Waals surface area (Å²) in [5, 5.41) is 14.6. The summed E-state index contributed by atoms with van der Waals surface area (Å²) < 4.78 is 38.8. The molecule has 10 nitrogen and oxygen atoms in total. The smallest absolute Gasteiger partial charge is 0.324 e.